The van der Waals surface area contributed by atoms with E-state index >= 15 is 0 Å². The molecule has 1 saturated heterocycles. The first-order valence-corrected chi connectivity index (χ1v) is 21.3. The monoisotopic (exact) mass is 964 g/mol. The molecule has 3 unspecified atom stereocenters. The third-order valence-electron chi connectivity index (χ3n) is 14.5. The molecule has 0 aromatic heterocycles. The van der Waals surface area contributed by atoms with Crippen molar-refractivity contribution in [3.8, 4) is 0 Å². The Hall–Kier alpha value is -5.96. The van der Waals surface area contributed by atoms with Crippen LogP contribution >= 0.6 is 0 Å². The maximum atomic E-state index is 13.6. The largest absolute Gasteiger partial charge is 2.00 e. The molecule has 0 amide bonds. The van der Waals surface area contributed by atoms with E-state index in [4.69, 9.17) is 25.0 Å². The second-order valence-corrected chi connectivity index (χ2v) is 18.7. The van der Waals surface area contributed by atoms with Gasteiger partial charge in [-0.05, 0) is 63.2 Å². The molecule has 20 nitrogen and oxygen atoms in total. The minimum absolute atomic E-state index is 0. The quantitative estimate of drug-likeness (QED) is 0.0843. The number of hydrogen-bond donors (Lipinski definition) is 7. The van der Waals surface area contributed by atoms with E-state index in [9.17, 15) is 74.1 Å². The molecule has 1 fully saturated rings. The zero-order valence-electron chi connectivity index (χ0n) is 37.0. The third kappa shape index (κ3) is 8.98. The third-order valence-corrected chi connectivity index (χ3v) is 14.5. The van der Waals surface area contributed by atoms with E-state index in [1.165, 1.54) is 12.2 Å². The van der Waals surface area contributed by atoms with E-state index in [1.54, 1.807) is 34.6 Å². The molecule has 21 heteroatoms. The maximum absolute atomic E-state index is 13.6. The maximum Gasteiger partial charge on any atom is 2.00 e. The van der Waals surface area contributed by atoms with Crippen LogP contribution in [0.1, 0.15) is 118 Å². The van der Waals surface area contributed by atoms with Gasteiger partial charge in [0, 0.05) is 65.2 Å². The Labute approximate surface area is 389 Å². The summed E-state index contributed by atoms with van der Waals surface area (Å²) in [6.07, 6.45) is -3.36. The van der Waals surface area contributed by atoms with Crippen LogP contribution in [0.25, 0.3) is 5.32 Å². The molecular formula is C45H53CoN4O16+. The van der Waals surface area contributed by atoms with Gasteiger partial charge >= 0.3 is 64.5 Å². The number of allylic oxidation sites excluding steroid dienone is 5. The molecule has 66 heavy (non-hydrogen) atoms. The van der Waals surface area contributed by atoms with Crippen LogP contribution in [0.5, 0.6) is 0 Å². The van der Waals surface area contributed by atoms with Crippen molar-refractivity contribution in [2.45, 2.75) is 135 Å². The zero-order valence-corrected chi connectivity index (χ0v) is 38.0. The van der Waals surface area contributed by atoms with Crippen LogP contribution in [0, 0.1) is 28.1 Å². The molecule has 8 atom stereocenters. The summed E-state index contributed by atoms with van der Waals surface area (Å²) in [6.45, 7) is 8.04. The van der Waals surface area contributed by atoms with Crippen LogP contribution in [-0.4, -0.2) is 118 Å². The number of rotatable bonds is 18. The zero-order chi connectivity index (χ0) is 48.2. The molecule has 1 spiro atoms. The molecule has 6 heterocycles. The average molecular weight is 965 g/mol. The number of cyclic esters (lactones) is 1. The summed E-state index contributed by atoms with van der Waals surface area (Å²) < 4.78 is 5.95. The van der Waals surface area contributed by atoms with Crippen molar-refractivity contribution in [3.05, 3.63) is 51.3 Å². The van der Waals surface area contributed by atoms with Gasteiger partial charge in [-0.1, -0.05) is 32.4 Å². The number of aliphatic carboxylic acids is 7. The first kappa shape index (κ1) is 51.0. The number of carboxylic acids is 7. The second-order valence-electron chi connectivity index (χ2n) is 18.7. The Kier molecular flexibility index (Phi) is 14.2. The Balaban J connectivity index is 0.00000817. The van der Waals surface area contributed by atoms with E-state index in [1.807, 2.05) is 0 Å². The van der Waals surface area contributed by atoms with Crippen LogP contribution in [0.3, 0.4) is 0 Å². The van der Waals surface area contributed by atoms with E-state index in [0.29, 0.717) is 5.57 Å². The van der Waals surface area contributed by atoms with Gasteiger partial charge < -0.3 is 45.8 Å². The van der Waals surface area contributed by atoms with Gasteiger partial charge in [-0.3, -0.25) is 53.3 Å². The molecule has 8 bridgehead atoms. The molecule has 0 aromatic rings. The van der Waals surface area contributed by atoms with E-state index in [-0.39, 0.29) is 101 Å². The predicted molar refractivity (Wildman–Crippen MR) is 227 cm³/mol. The number of esters is 1. The van der Waals surface area contributed by atoms with Gasteiger partial charge in [-0.25, -0.2) is 0 Å². The van der Waals surface area contributed by atoms with Crippen molar-refractivity contribution in [1.82, 2.24) is 0 Å². The van der Waals surface area contributed by atoms with Gasteiger partial charge in [0.2, 0.25) is 0 Å². The number of ether oxygens (including phenoxy) is 1. The average Bonchev–Trinajstić information content (AvgIpc) is 3.76. The van der Waals surface area contributed by atoms with Crippen LogP contribution in [0.4, 0.5) is 0 Å². The number of carbonyl (C=O) groups is 8. The molecule has 6 rings (SSSR count). The van der Waals surface area contributed by atoms with Gasteiger partial charge in [0.15, 0.2) is 0 Å². The minimum Gasteiger partial charge on any atom is -0.664 e. The Morgan fingerprint density at radius 3 is 1.94 bits per heavy atom. The number of hydrogen-bond acceptors (Lipinski definition) is 12. The summed E-state index contributed by atoms with van der Waals surface area (Å²) in [7, 11) is 0. The van der Waals surface area contributed by atoms with E-state index < -0.39 is 138 Å². The van der Waals surface area contributed by atoms with Crippen LogP contribution in [-0.2, 0) is 59.9 Å². The molecule has 0 saturated carbocycles. The second kappa shape index (κ2) is 18.4. The van der Waals surface area contributed by atoms with Crippen LogP contribution in [0.15, 0.2) is 60.9 Å². The molecule has 6 aliphatic heterocycles. The fourth-order valence-electron chi connectivity index (χ4n) is 11.4. The van der Waals surface area contributed by atoms with E-state index in [2.05, 4.69) is 0 Å². The smallest absolute Gasteiger partial charge is 0.664 e. The molecule has 0 aliphatic carbocycles. The molecule has 6 aliphatic rings. The Morgan fingerprint density at radius 2 is 1.36 bits per heavy atom. The molecule has 7 N–H and O–H groups in total. The minimum atomic E-state index is -1.77. The first-order valence-electron chi connectivity index (χ1n) is 21.3. The summed E-state index contributed by atoms with van der Waals surface area (Å²) in [5.74, 6) is -11.5. The number of carboxylic acid groups (broad SMARTS) is 7. The predicted octanol–water partition coefficient (Wildman–Crippen LogP) is 5.42. The van der Waals surface area contributed by atoms with Crippen molar-refractivity contribution >= 4 is 64.9 Å². The molecule has 1 radical (unpaired) electrons. The fourth-order valence-corrected chi connectivity index (χ4v) is 11.4. The normalized spacial score (nSPS) is 33.5. The summed E-state index contributed by atoms with van der Waals surface area (Å²) in [5.41, 5.74) is -6.35. The molecular weight excluding hydrogens is 911 g/mol. The number of nitrogens with zero attached hydrogens (tertiary/aromatic N) is 4. The molecule has 0 aromatic carbocycles. The van der Waals surface area contributed by atoms with E-state index in [0.717, 1.165) is 0 Å². The topological polar surface area (TPSA) is 339 Å². The van der Waals surface area contributed by atoms with Crippen LogP contribution in [0.2, 0.25) is 0 Å². The fraction of sp³-hybridized carbons (Fsp3) is 0.578. The standard InChI is InChI=1S/C45H54N4O16.Co/c1-21-45-40-26(15-37(60)61)41(2,13-12-35(56)57)30(47-40)16-27-22(6-9-32(50)51)25(14-36(58)59)44(5,48-27)18-29-23(7-10-33(52)53)42(3,19-38(62)63)31(46-29)17-28(49-45)24(8-11-34(54)55)43(45,4)20-39(64)65-21;/h16-17,21,24,26H,6-15,18-20H2,1-5H3,(H8,46,49,50,51,52,53,54,55,56,57,58,59,60,61,62,63);/q;+2/p-1/b30-16-;/t21?,24-,26?,41-,42+,43+,44+,45?;/m1./s1. The first-order chi connectivity index (χ1) is 30.2. The van der Waals surface area contributed by atoms with Gasteiger partial charge in [0.1, 0.15) is 11.6 Å². The van der Waals surface area contributed by atoms with Crippen molar-refractivity contribution in [2.24, 2.45) is 43.1 Å². The van der Waals surface area contributed by atoms with Gasteiger partial charge in [0.05, 0.1) is 42.6 Å². The van der Waals surface area contributed by atoms with Crippen molar-refractivity contribution < 1.29 is 95.6 Å². The summed E-state index contributed by atoms with van der Waals surface area (Å²) >= 11 is 0. The van der Waals surface area contributed by atoms with Crippen molar-refractivity contribution in [3.63, 3.8) is 0 Å². The summed E-state index contributed by atoms with van der Waals surface area (Å²) in [4.78, 5) is 117. The van der Waals surface area contributed by atoms with Crippen molar-refractivity contribution in [2.75, 3.05) is 0 Å². The van der Waals surface area contributed by atoms with Crippen molar-refractivity contribution in [1.29, 1.82) is 0 Å². The van der Waals surface area contributed by atoms with Crippen LogP contribution < -0.4 is 0 Å². The molecule has 357 valence electrons. The number of carbonyl (C=O) groups excluding carboxylic acids is 1. The number of fused-ring (bicyclic) bond motifs is 4. The Morgan fingerprint density at radius 1 is 0.742 bits per heavy atom. The van der Waals surface area contributed by atoms with Gasteiger partial charge in [-0.15, -0.1) is 5.70 Å². The summed E-state index contributed by atoms with van der Waals surface area (Å²) in [6, 6.07) is 0. The Bertz CT molecular complexity index is 2420. The number of aliphatic imine (C=N–C) groups is 3. The summed E-state index contributed by atoms with van der Waals surface area (Å²) in [5, 5.41) is 76.2. The van der Waals surface area contributed by atoms with Gasteiger partial charge in [-0.2, -0.15) is 5.70 Å². The SMILES string of the molecule is CC1OC(=O)C[C@@]2(C)[C@H](CCC(=O)O)C3=NC12C1=N/C(=C\C2=N[C@@](C)(CC4=C(CCC(=O)O)[C@](C)(CC(=O)O)/C(=C/3)[N-]4)C(CC(=O)O)=C2CCC(=O)O)[C@](C)(CCC(=O)O)C1CC(=O)O.[Co+2]. The van der Waals surface area contributed by atoms with Gasteiger partial charge in [0.25, 0.3) is 0 Å².